The first-order valence-corrected chi connectivity index (χ1v) is 1.37. The van der Waals surface area contributed by atoms with E-state index in [4.69, 9.17) is 3.08 Å². The van der Waals surface area contributed by atoms with E-state index in [0.717, 1.165) is 0 Å². The Morgan fingerprint density at radius 3 is 1.25 bits per heavy atom. The van der Waals surface area contributed by atoms with Gasteiger partial charge >= 0.3 is 45.4 Å². The Labute approximate surface area is 62.2 Å². The standard InChI is InChI=1S/Al.Ga.O.Sn.6H. The summed E-state index contributed by atoms with van der Waals surface area (Å²) in [5.74, 6) is 0. The third-order valence-corrected chi connectivity index (χ3v) is 0. The quantitative estimate of drug-likeness (QED) is 0.414. The number of rotatable bonds is 0. The van der Waals surface area contributed by atoms with Crippen LogP contribution in [0.5, 0.6) is 0 Å². The molecule has 2 radical (unpaired) electrons. The van der Waals surface area contributed by atoms with Gasteiger partial charge in [0.15, 0.2) is 17.4 Å². The molecule has 0 spiro atoms. The SMILES string of the molecule is [AlH3].[GaH3].[O]=[Sn]. The van der Waals surface area contributed by atoms with E-state index in [1.54, 1.807) is 0 Å². The van der Waals surface area contributed by atoms with Gasteiger partial charge in [-0.25, -0.2) is 0 Å². The Balaban J connectivity index is -0.00000000500. The van der Waals surface area contributed by atoms with Gasteiger partial charge in [-0.3, -0.25) is 0 Å². The normalized spacial score (nSPS) is 1.00. The molecule has 0 saturated heterocycles. The Morgan fingerprint density at radius 1 is 1.25 bits per heavy atom. The Bertz CT molecular complexity index is 8.00. The summed E-state index contributed by atoms with van der Waals surface area (Å²) in [4.78, 5) is 0. The van der Waals surface area contributed by atoms with Gasteiger partial charge < -0.3 is 0 Å². The van der Waals surface area contributed by atoms with Crippen LogP contribution in [0.3, 0.4) is 0 Å². The van der Waals surface area contributed by atoms with Gasteiger partial charge in [-0.15, -0.1) is 0 Å². The van der Waals surface area contributed by atoms with Crippen molar-refractivity contribution in [2.75, 3.05) is 0 Å². The molecule has 0 aliphatic carbocycles. The van der Waals surface area contributed by atoms with Gasteiger partial charge in [-0.1, -0.05) is 0 Å². The van der Waals surface area contributed by atoms with Crippen LogP contribution in [0.15, 0.2) is 0 Å². The van der Waals surface area contributed by atoms with Crippen molar-refractivity contribution in [1.82, 2.24) is 0 Å². The van der Waals surface area contributed by atoms with Crippen LogP contribution >= 0.6 is 0 Å². The molecule has 0 unspecified atom stereocenters. The van der Waals surface area contributed by atoms with E-state index in [-0.39, 0.29) is 37.2 Å². The Kier molecular flexibility index (Phi) is 92.7. The van der Waals surface area contributed by atoms with Gasteiger partial charge in [0.2, 0.25) is 0 Å². The van der Waals surface area contributed by atoms with Crippen molar-refractivity contribution >= 4 is 59.7 Å². The topological polar surface area (TPSA) is 17.1 Å². The molecular weight excluding hydrogens is 231 g/mol. The van der Waals surface area contributed by atoms with Gasteiger partial charge in [0.1, 0.15) is 0 Å². The molecule has 0 fully saturated rings. The summed E-state index contributed by atoms with van der Waals surface area (Å²) in [6.45, 7) is 0. The molecule has 0 aromatic rings. The molecule has 0 N–H and O–H groups in total. The summed E-state index contributed by atoms with van der Waals surface area (Å²) in [6.07, 6.45) is 0. The van der Waals surface area contributed by atoms with E-state index in [1.165, 1.54) is 0 Å². The van der Waals surface area contributed by atoms with E-state index in [1.807, 2.05) is 0 Å². The Hall–Kier alpha value is 1.77. The fourth-order valence-electron chi connectivity index (χ4n) is 0. The summed E-state index contributed by atoms with van der Waals surface area (Å²) in [5, 5.41) is 0. The van der Waals surface area contributed by atoms with Gasteiger partial charge in [0, 0.05) is 0 Å². The summed E-state index contributed by atoms with van der Waals surface area (Å²) in [7, 11) is 0. The van der Waals surface area contributed by atoms with Crippen molar-refractivity contribution in [3.8, 4) is 0 Å². The zero-order valence-corrected chi connectivity index (χ0v) is 3.76. The average Bonchev–Trinajstić information content (AvgIpc) is 1.00. The van der Waals surface area contributed by atoms with Crippen molar-refractivity contribution in [2.45, 2.75) is 0 Å². The molecule has 22 valence electrons. The summed E-state index contributed by atoms with van der Waals surface area (Å²) < 4.78 is 8.34. The molecule has 0 saturated carbocycles. The van der Waals surface area contributed by atoms with E-state index < -0.39 is 0 Å². The molecule has 0 aliphatic heterocycles. The van der Waals surface area contributed by atoms with Crippen LogP contribution in [-0.4, -0.2) is 59.7 Å². The molecule has 4 heteroatoms. The van der Waals surface area contributed by atoms with Gasteiger partial charge in [-0.05, 0) is 0 Å². The third kappa shape index (κ3) is 9.24. The van der Waals surface area contributed by atoms with E-state index >= 15 is 0 Å². The fourth-order valence-corrected chi connectivity index (χ4v) is 0. The third-order valence-electron chi connectivity index (χ3n) is 0. The zero-order chi connectivity index (χ0) is 2.00. The first kappa shape index (κ1) is 17.1. The van der Waals surface area contributed by atoms with Gasteiger partial charge in [-0.2, -0.15) is 0 Å². The second-order valence-corrected chi connectivity index (χ2v) is 0. The molecular formula is H6AlGaOSn. The molecule has 0 amide bonds. The molecule has 0 aromatic heterocycles. The molecule has 0 atom stereocenters. The van der Waals surface area contributed by atoms with Crippen LogP contribution < -0.4 is 0 Å². The first-order chi connectivity index (χ1) is 1.00. The second-order valence-electron chi connectivity index (χ2n) is 0. The van der Waals surface area contributed by atoms with Crippen molar-refractivity contribution in [2.24, 2.45) is 0 Å². The van der Waals surface area contributed by atoms with E-state index in [0.29, 0.717) is 22.5 Å². The van der Waals surface area contributed by atoms with Gasteiger partial charge in [0.05, 0.1) is 0 Å². The number of hydrogen-bond donors (Lipinski definition) is 0. The first-order valence-electron chi connectivity index (χ1n) is 0.204. The second kappa shape index (κ2) is 21.7. The molecule has 0 heterocycles. The van der Waals surface area contributed by atoms with Crippen LogP contribution in [0.4, 0.5) is 0 Å². The maximum absolute atomic E-state index is 8.34. The molecule has 4 heavy (non-hydrogen) atoms. The van der Waals surface area contributed by atoms with Gasteiger partial charge in [0.25, 0.3) is 0 Å². The summed E-state index contributed by atoms with van der Waals surface area (Å²) in [6, 6.07) is 0. The van der Waals surface area contributed by atoms with Crippen molar-refractivity contribution in [3.63, 3.8) is 0 Å². The van der Waals surface area contributed by atoms with Crippen LogP contribution in [0, 0.1) is 0 Å². The molecule has 0 bridgehead atoms. The minimum absolute atomic E-state index is 0. The fraction of sp³-hybridized carbons (Fsp3) is 0. The van der Waals surface area contributed by atoms with Crippen LogP contribution in [0.25, 0.3) is 0 Å². The average molecular weight is 237 g/mol. The van der Waals surface area contributed by atoms with E-state index in [2.05, 4.69) is 0 Å². The Morgan fingerprint density at radius 2 is 1.25 bits per heavy atom. The van der Waals surface area contributed by atoms with E-state index in [9.17, 15) is 0 Å². The van der Waals surface area contributed by atoms with Crippen molar-refractivity contribution < 1.29 is 3.08 Å². The zero-order valence-electron chi connectivity index (χ0n) is 0.908. The number of hydrogen-bond acceptors (Lipinski definition) is 1. The monoisotopic (exact) mass is 238 g/mol. The predicted molar refractivity (Wildman–Crippen MR) is 26.3 cm³/mol. The molecule has 1 nitrogen and oxygen atoms in total. The molecule has 0 aliphatic rings. The van der Waals surface area contributed by atoms with Crippen LogP contribution in [0.1, 0.15) is 0 Å². The molecule has 0 aromatic carbocycles. The minimum atomic E-state index is 0. The maximum atomic E-state index is 8.34. The summed E-state index contributed by atoms with van der Waals surface area (Å²) >= 11 is 0.300. The summed E-state index contributed by atoms with van der Waals surface area (Å²) in [5.41, 5.74) is 0. The van der Waals surface area contributed by atoms with Crippen LogP contribution in [0.2, 0.25) is 0 Å². The van der Waals surface area contributed by atoms with Crippen molar-refractivity contribution in [3.05, 3.63) is 0 Å². The molecule has 0 rings (SSSR count). The van der Waals surface area contributed by atoms with Crippen molar-refractivity contribution in [1.29, 1.82) is 0 Å². The van der Waals surface area contributed by atoms with Crippen LogP contribution in [-0.2, 0) is 3.08 Å². The predicted octanol–water partition coefficient (Wildman–Crippen LogP) is -2.87.